The number of hydrogen-bond acceptors (Lipinski definition) is 4. The summed E-state index contributed by atoms with van der Waals surface area (Å²) in [6, 6.07) is 0. The SMILES string of the molecule is CN(C)CC1CCN(C(=O)CCC(=O)OC(C)(C)C)CC1. The van der Waals surface area contributed by atoms with Crippen LogP contribution < -0.4 is 0 Å². The van der Waals surface area contributed by atoms with Gasteiger partial charge in [-0.3, -0.25) is 9.59 Å². The molecule has 0 N–H and O–H groups in total. The summed E-state index contributed by atoms with van der Waals surface area (Å²) in [5, 5.41) is 0. The number of esters is 1. The van der Waals surface area contributed by atoms with Crippen molar-refractivity contribution in [2.45, 2.75) is 52.1 Å². The van der Waals surface area contributed by atoms with Crippen LogP contribution in [0.15, 0.2) is 0 Å². The quantitative estimate of drug-likeness (QED) is 0.728. The Labute approximate surface area is 128 Å². The van der Waals surface area contributed by atoms with Gasteiger partial charge in [0.05, 0.1) is 6.42 Å². The molecule has 1 rings (SSSR count). The van der Waals surface area contributed by atoms with Crippen molar-refractivity contribution in [3.05, 3.63) is 0 Å². The van der Waals surface area contributed by atoms with Crippen LogP contribution in [0.3, 0.4) is 0 Å². The molecule has 1 aliphatic heterocycles. The minimum atomic E-state index is -0.481. The molecule has 0 unspecified atom stereocenters. The number of carbonyl (C=O) groups excluding carboxylic acids is 2. The van der Waals surface area contributed by atoms with Gasteiger partial charge in [-0.25, -0.2) is 0 Å². The lowest BCUT2D eigenvalue weighted by molar-refractivity contribution is -0.156. The topological polar surface area (TPSA) is 49.9 Å². The van der Waals surface area contributed by atoms with Crippen molar-refractivity contribution < 1.29 is 14.3 Å². The normalized spacial score (nSPS) is 17.1. The molecular weight excluding hydrogens is 268 g/mol. The fourth-order valence-corrected chi connectivity index (χ4v) is 2.64. The Morgan fingerprint density at radius 3 is 2.19 bits per heavy atom. The van der Waals surface area contributed by atoms with Gasteiger partial charge in [0, 0.05) is 26.1 Å². The summed E-state index contributed by atoms with van der Waals surface area (Å²) in [5.41, 5.74) is -0.481. The zero-order chi connectivity index (χ0) is 16.0. The number of likely N-dealkylation sites (tertiary alicyclic amines) is 1. The van der Waals surface area contributed by atoms with Crippen molar-refractivity contribution in [1.82, 2.24) is 9.80 Å². The van der Waals surface area contributed by atoms with E-state index in [1.165, 1.54) is 0 Å². The lowest BCUT2D eigenvalue weighted by Gasteiger charge is -2.33. The van der Waals surface area contributed by atoms with Crippen LogP contribution in [0.4, 0.5) is 0 Å². The molecule has 1 heterocycles. The number of carbonyl (C=O) groups is 2. The molecule has 122 valence electrons. The number of rotatable bonds is 5. The van der Waals surface area contributed by atoms with Crippen LogP contribution in [0.1, 0.15) is 46.5 Å². The monoisotopic (exact) mass is 298 g/mol. The first-order chi connectivity index (χ1) is 9.67. The van der Waals surface area contributed by atoms with Crippen molar-refractivity contribution in [3.8, 4) is 0 Å². The van der Waals surface area contributed by atoms with Gasteiger partial charge in [-0.05, 0) is 53.6 Å². The molecule has 0 aromatic carbocycles. The molecule has 0 radical (unpaired) electrons. The fourth-order valence-electron chi connectivity index (χ4n) is 2.64. The number of piperidine rings is 1. The standard InChI is InChI=1S/C16H30N2O3/c1-16(2,3)21-15(20)7-6-14(19)18-10-8-13(9-11-18)12-17(4)5/h13H,6-12H2,1-5H3. The molecule has 0 spiro atoms. The molecule has 0 atom stereocenters. The smallest absolute Gasteiger partial charge is 0.306 e. The van der Waals surface area contributed by atoms with Crippen LogP contribution in [0.25, 0.3) is 0 Å². The van der Waals surface area contributed by atoms with E-state index in [9.17, 15) is 9.59 Å². The summed E-state index contributed by atoms with van der Waals surface area (Å²) in [5.74, 6) is 0.456. The highest BCUT2D eigenvalue weighted by atomic mass is 16.6. The average Bonchev–Trinajstić information content (AvgIpc) is 2.34. The van der Waals surface area contributed by atoms with Crippen LogP contribution in [-0.2, 0) is 14.3 Å². The number of amides is 1. The van der Waals surface area contributed by atoms with Crippen molar-refractivity contribution >= 4 is 11.9 Å². The molecular formula is C16H30N2O3. The number of nitrogens with zero attached hydrogens (tertiary/aromatic N) is 2. The minimum Gasteiger partial charge on any atom is -0.460 e. The third-order valence-corrected chi connectivity index (χ3v) is 3.55. The Balaban J connectivity index is 2.27. The van der Waals surface area contributed by atoms with E-state index in [-0.39, 0.29) is 24.7 Å². The van der Waals surface area contributed by atoms with Crippen molar-refractivity contribution in [1.29, 1.82) is 0 Å². The van der Waals surface area contributed by atoms with Crippen molar-refractivity contribution in [2.75, 3.05) is 33.7 Å². The van der Waals surface area contributed by atoms with Gasteiger partial charge in [0.1, 0.15) is 5.60 Å². The Morgan fingerprint density at radius 1 is 1.14 bits per heavy atom. The van der Waals surface area contributed by atoms with Crippen LogP contribution in [0, 0.1) is 5.92 Å². The molecule has 0 aliphatic carbocycles. The molecule has 0 saturated carbocycles. The van der Waals surface area contributed by atoms with Crippen LogP contribution in [-0.4, -0.2) is 61.0 Å². The second-order valence-electron chi connectivity index (χ2n) is 7.17. The largest absolute Gasteiger partial charge is 0.460 e. The zero-order valence-corrected chi connectivity index (χ0v) is 14.1. The molecule has 1 saturated heterocycles. The highest BCUT2D eigenvalue weighted by molar-refractivity contribution is 5.81. The summed E-state index contributed by atoms with van der Waals surface area (Å²) >= 11 is 0. The first-order valence-corrected chi connectivity index (χ1v) is 7.82. The van der Waals surface area contributed by atoms with Gasteiger partial charge in [-0.15, -0.1) is 0 Å². The van der Waals surface area contributed by atoms with E-state index in [0.717, 1.165) is 32.5 Å². The molecule has 21 heavy (non-hydrogen) atoms. The molecule has 1 aliphatic rings. The van der Waals surface area contributed by atoms with Gasteiger partial charge in [-0.2, -0.15) is 0 Å². The van der Waals surface area contributed by atoms with Crippen LogP contribution in [0.2, 0.25) is 0 Å². The third-order valence-electron chi connectivity index (χ3n) is 3.55. The lowest BCUT2D eigenvalue weighted by atomic mass is 9.96. The first kappa shape index (κ1) is 18.0. The third kappa shape index (κ3) is 7.46. The number of hydrogen-bond donors (Lipinski definition) is 0. The Bertz CT molecular complexity index is 353. The van der Waals surface area contributed by atoms with Crippen LogP contribution >= 0.6 is 0 Å². The maximum absolute atomic E-state index is 12.1. The summed E-state index contributed by atoms with van der Waals surface area (Å²) in [6.07, 6.45) is 2.54. The fraction of sp³-hybridized carbons (Fsp3) is 0.875. The maximum Gasteiger partial charge on any atom is 0.306 e. The zero-order valence-electron chi connectivity index (χ0n) is 14.1. The second-order valence-corrected chi connectivity index (χ2v) is 7.17. The van der Waals surface area contributed by atoms with Crippen molar-refractivity contribution in [3.63, 3.8) is 0 Å². The summed E-state index contributed by atoms with van der Waals surface area (Å²) < 4.78 is 5.22. The molecule has 5 nitrogen and oxygen atoms in total. The van der Waals surface area contributed by atoms with E-state index >= 15 is 0 Å². The summed E-state index contributed by atoms with van der Waals surface area (Å²) in [7, 11) is 4.16. The molecule has 0 bridgehead atoms. The lowest BCUT2D eigenvalue weighted by Crippen LogP contribution is -2.40. The van der Waals surface area contributed by atoms with Gasteiger partial charge in [0.25, 0.3) is 0 Å². The van der Waals surface area contributed by atoms with Gasteiger partial charge in [0.2, 0.25) is 5.91 Å². The van der Waals surface area contributed by atoms with Gasteiger partial charge in [-0.1, -0.05) is 0 Å². The Hall–Kier alpha value is -1.10. The van der Waals surface area contributed by atoms with Crippen LogP contribution in [0.5, 0.6) is 0 Å². The predicted molar refractivity (Wildman–Crippen MR) is 82.9 cm³/mol. The predicted octanol–water partition coefficient (Wildman–Crippen LogP) is 1.91. The average molecular weight is 298 g/mol. The van der Waals surface area contributed by atoms with E-state index in [1.54, 1.807) is 0 Å². The van der Waals surface area contributed by atoms with Crippen molar-refractivity contribution in [2.24, 2.45) is 5.92 Å². The van der Waals surface area contributed by atoms with Gasteiger partial charge < -0.3 is 14.5 Å². The molecule has 1 amide bonds. The Morgan fingerprint density at radius 2 is 1.71 bits per heavy atom. The number of ether oxygens (including phenoxy) is 1. The molecule has 1 fully saturated rings. The summed E-state index contributed by atoms with van der Waals surface area (Å²) in [6.45, 7) is 8.21. The second kappa shape index (κ2) is 7.78. The van der Waals surface area contributed by atoms with E-state index in [4.69, 9.17) is 4.74 Å². The van der Waals surface area contributed by atoms with E-state index < -0.39 is 5.60 Å². The highest BCUT2D eigenvalue weighted by Crippen LogP contribution is 2.19. The minimum absolute atomic E-state index is 0.0733. The van der Waals surface area contributed by atoms with E-state index in [0.29, 0.717) is 5.92 Å². The molecule has 0 aromatic rings. The first-order valence-electron chi connectivity index (χ1n) is 7.82. The Kier molecular flexibility index (Phi) is 6.65. The summed E-state index contributed by atoms with van der Waals surface area (Å²) in [4.78, 5) is 27.8. The maximum atomic E-state index is 12.1. The molecule has 0 aromatic heterocycles. The molecule has 5 heteroatoms. The van der Waals surface area contributed by atoms with Gasteiger partial charge in [0.15, 0.2) is 0 Å². The van der Waals surface area contributed by atoms with E-state index in [1.807, 2.05) is 25.7 Å². The van der Waals surface area contributed by atoms with E-state index in [2.05, 4.69) is 19.0 Å². The van der Waals surface area contributed by atoms with Gasteiger partial charge >= 0.3 is 5.97 Å². The highest BCUT2D eigenvalue weighted by Gasteiger charge is 2.24.